The first kappa shape index (κ1) is 20.6. The van der Waals surface area contributed by atoms with Crippen LogP contribution in [0.25, 0.3) is 43.9 Å². The minimum absolute atomic E-state index is 0.111. The van der Waals surface area contributed by atoms with Gasteiger partial charge >= 0.3 is 0 Å². The van der Waals surface area contributed by atoms with Crippen LogP contribution in [0.4, 0.5) is 0 Å². The molecule has 8 heteroatoms. The smallest absolute Gasteiger partial charge is 0.234 e. The molecule has 7 nitrogen and oxygen atoms in total. The quantitative estimate of drug-likeness (QED) is 0.397. The molecule has 1 aliphatic heterocycles. The van der Waals surface area contributed by atoms with Crippen molar-refractivity contribution in [2.45, 2.75) is 13.0 Å². The van der Waals surface area contributed by atoms with Gasteiger partial charge in [0.15, 0.2) is 0 Å². The first-order valence-electron chi connectivity index (χ1n) is 11.8. The first-order valence-corrected chi connectivity index (χ1v) is 12.6. The second-order valence-electron chi connectivity index (χ2n) is 9.35. The van der Waals surface area contributed by atoms with Crippen molar-refractivity contribution in [3.63, 3.8) is 0 Å². The van der Waals surface area contributed by atoms with E-state index in [1.54, 1.807) is 0 Å². The molecule has 0 unspecified atom stereocenters. The molecule has 3 aromatic heterocycles. The Labute approximate surface area is 206 Å². The molecular weight excluding hydrogens is 456 g/mol. The molecule has 2 N–H and O–H groups in total. The Morgan fingerprint density at radius 3 is 2.80 bits per heavy atom. The maximum Gasteiger partial charge on any atom is 0.234 e. The zero-order chi connectivity index (χ0) is 23.5. The molecule has 2 aromatic carbocycles. The molecule has 0 atom stereocenters. The Morgan fingerprint density at radius 2 is 1.94 bits per heavy atom. The summed E-state index contributed by atoms with van der Waals surface area (Å²) >= 11 is 1.86. The van der Waals surface area contributed by atoms with Gasteiger partial charge in [-0.1, -0.05) is 36.4 Å². The lowest BCUT2D eigenvalue weighted by Crippen LogP contribution is -2.47. The van der Waals surface area contributed by atoms with Gasteiger partial charge in [-0.2, -0.15) is 10.2 Å². The highest BCUT2D eigenvalue weighted by molar-refractivity contribution is 7.16. The number of nitrogens with one attached hydrogen (secondary N) is 2. The van der Waals surface area contributed by atoms with E-state index in [0.29, 0.717) is 6.54 Å². The van der Waals surface area contributed by atoms with Gasteiger partial charge in [0.25, 0.3) is 0 Å². The molecule has 4 heterocycles. The Morgan fingerprint density at radius 1 is 1.09 bits per heavy atom. The number of carbonyl (C=O) groups is 1. The Balaban J connectivity index is 1.14. The third kappa shape index (κ3) is 3.48. The van der Waals surface area contributed by atoms with E-state index >= 15 is 0 Å². The molecule has 5 aromatic rings. The van der Waals surface area contributed by atoms with Crippen molar-refractivity contribution >= 4 is 28.1 Å². The fraction of sp³-hybridized carbons (Fsp3) is 0.222. The normalized spacial score (nSPS) is 15.4. The number of aromatic amines is 1. The van der Waals surface area contributed by atoms with Crippen molar-refractivity contribution in [1.29, 1.82) is 0 Å². The van der Waals surface area contributed by atoms with Crippen LogP contribution in [0.5, 0.6) is 0 Å². The number of fused-ring (bicyclic) bond motifs is 4. The van der Waals surface area contributed by atoms with Crippen molar-refractivity contribution in [2.24, 2.45) is 7.05 Å². The number of benzene rings is 2. The summed E-state index contributed by atoms with van der Waals surface area (Å²) in [5.41, 5.74) is 9.42. The van der Waals surface area contributed by atoms with E-state index in [9.17, 15) is 4.79 Å². The average Bonchev–Trinajstić information content (AvgIpc) is 3.61. The van der Waals surface area contributed by atoms with Crippen molar-refractivity contribution < 1.29 is 4.79 Å². The monoisotopic (exact) mass is 480 g/mol. The van der Waals surface area contributed by atoms with Crippen LogP contribution in [0.3, 0.4) is 0 Å². The van der Waals surface area contributed by atoms with Crippen LogP contribution >= 0.6 is 11.3 Å². The van der Waals surface area contributed by atoms with E-state index in [1.807, 2.05) is 29.3 Å². The van der Waals surface area contributed by atoms with E-state index in [4.69, 9.17) is 5.10 Å². The molecule has 0 saturated carbocycles. The molecule has 1 amide bonds. The van der Waals surface area contributed by atoms with Crippen molar-refractivity contribution in [1.82, 2.24) is 30.2 Å². The Kier molecular flexibility index (Phi) is 4.65. The summed E-state index contributed by atoms with van der Waals surface area (Å²) in [6, 6.07) is 17.5. The number of thiophene rings is 1. The van der Waals surface area contributed by atoms with Gasteiger partial charge in [0.05, 0.1) is 29.6 Å². The predicted molar refractivity (Wildman–Crippen MR) is 138 cm³/mol. The van der Waals surface area contributed by atoms with Crippen LogP contribution in [-0.2, 0) is 24.8 Å². The van der Waals surface area contributed by atoms with Gasteiger partial charge in [-0.3, -0.25) is 19.5 Å². The maximum absolute atomic E-state index is 11.6. The van der Waals surface area contributed by atoms with E-state index in [1.165, 1.54) is 32.0 Å². The van der Waals surface area contributed by atoms with Gasteiger partial charge in [0, 0.05) is 64.9 Å². The minimum Gasteiger partial charge on any atom is -0.354 e. The minimum atomic E-state index is 0.111. The van der Waals surface area contributed by atoms with Crippen LogP contribution in [0.15, 0.2) is 54.7 Å². The molecule has 0 spiro atoms. The van der Waals surface area contributed by atoms with Crippen LogP contribution in [0, 0.1) is 0 Å². The Bertz CT molecular complexity index is 1590. The molecule has 174 valence electrons. The SMILES string of the molecule is Cn1ncc2ccc(-c3n[nH]c4c3Cc3sc(-c5ccc(CN6CCNC(=O)C6)cc5)cc3-4)cc21. The first-order chi connectivity index (χ1) is 17.1. The molecule has 1 aliphatic carbocycles. The number of piperazine rings is 1. The van der Waals surface area contributed by atoms with E-state index in [-0.39, 0.29) is 5.91 Å². The number of nitrogens with zero attached hydrogens (tertiary/aromatic N) is 4. The standard InChI is InChI=1S/C27H24N6OS/c1-32-22-10-18(6-7-19(22)13-29-32)26-21-12-24-20(27(21)31-30-26)11-23(35-24)17-4-2-16(3-5-17)14-33-9-8-28-25(34)15-33/h2-7,10-11,13H,8-9,12,14-15H2,1H3,(H,28,34)(H,30,31). The van der Waals surface area contributed by atoms with Gasteiger partial charge in [-0.25, -0.2) is 0 Å². The highest BCUT2D eigenvalue weighted by Crippen LogP contribution is 2.46. The van der Waals surface area contributed by atoms with Crippen molar-refractivity contribution in [3.8, 4) is 33.0 Å². The second-order valence-corrected chi connectivity index (χ2v) is 10.5. The second kappa shape index (κ2) is 7.90. The molecule has 1 saturated heterocycles. The lowest BCUT2D eigenvalue weighted by atomic mass is 10.0. The van der Waals surface area contributed by atoms with Crippen LogP contribution in [-0.4, -0.2) is 50.4 Å². The summed E-state index contributed by atoms with van der Waals surface area (Å²) in [5.74, 6) is 0.111. The van der Waals surface area contributed by atoms with Gasteiger partial charge in [0.1, 0.15) is 0 Å². The third-order valence-corrected chi connectivity index (χ3v) is 8.25. The zero-order valence-electron chi connectivity index (χ0n) is 19.3. The summed E-state index contributed by atoms with van der Waals surface area (Å²) in [6.45, 7) is 2.91. The van der Waals surface area contributed by atoms with Crippen molar-refractivity contribution in [3.05, 3.63) is 70.7 Å². The van der Waals surface area contributed by atoms with E-state index in [2.05, 4.69) is 68.9 Å². The molecule has 0 radical (unpaired) electrons. The summed E-state index contributed by atoms with van der Waals surface area (Å²) in [5, 5.41) is 16.4. The Hall–Kier alpha value is -3.75. The summed E-state index contributed by atoms with van der Waals surface area (Å²) < 4.78 is 1.91. The number of H-pyrrole nitrogens is 1. The van der Waals surface area contributed by atoms with Gasteiger partial charge in [-0.05, 0) is 23.3 Å². The van der Waals surface area contributed by atoms with E-state index < -0.39 is 0 Å². The molecular formula is C27H24N6OS. The largest absolute Gasteiger partial charge is 0.354 e. The van der Waals surface area contributed by atoms with Crippen LogP contribution < -0.4 is 5.32 Å². The number of aryl methyl sites for hydroxylation is 1. The molecule has 2 aliphatic rings. The van der Waals surface area contributed by atoms with E-state index in [0.717, 1.165) is 53.9 Å². The number of aromatic nitrogens is 4. The number of amides is 1. The lowest BCUT2D eigenvalue weighted by Gasteiger charge is -2.26. The molecule has 0 bridgehead atoms. The van der Waals surface area contributed by atoms with Crippen molar-refractivity contribution in [2.75, 3.05) is 19.6 Å². The summed E-state index contributed by atoms with van der Waals surface area (Å²) in [6.07, 6.45) is 2.80. The average molecular weight is 481 g/mol. The summed E-state index contributed by atoms with van der Waals surface area (Å²) in [4.78, 5) is 16.5. The number of hydrogen-bond donors (Lipinski definition) is 2. The third-order valence-electron chi connectivity index (χ3n) is 7.07. The number of carbonyl (C=O) groups excluding carboxylic acids is 1. The van der Waals surface area contributed by atoms with Gasteiger partial charge in [0.2, 0.25) is 5.91 Å². The number of rotatable bonds is 4. The topological polar surface area (TPSA) is 78.8 Å². The fourth-order valence-electron chi connectivity index (χ4n) is 5.22. The molecule has 7 rings (SSSR count). The fourth-order valence-corrected chi connectivity index (χ4v) is 6.41. The maximum atomic E-state index is 11.6. The summed E-state index contributed by atoms with van der Waals surface area (Å²) in [7, 11) is 1.97. The van der Waals surface area contributed by atoms with Crippen LogP contribution in [0.1, 0.15) is 16.0 Å². The molecule has 1 fully saturated rings. The zero-order valence-corrected chi connectivity index (χ0v) is 20.2. The predicted octanol–water partition coefficient (Wildman–Crippen LogP) is 4.19. The molecule has 35 heavy (non-hydrogen) atoms. The number of hydrogen-bond acceptors (Lipinski definition) is 5. The highest BCUT2D eigenvalue weighted by Gasteiger charge is 2.28. The van der Waals surface area contributed by atoms with Gasteiger partial charge < -0.3 is 5.32 Å². The lowest BCUT2D eigenvalue weighted by molar-refractivity contribution is -0.124. The highest BCUT2D eigenvalue weighted by atomic mass is 32.1. The van der Waals surface area contributed by atoms with Crippen LogP contribution in [0.2, 0.25) is 0 Å². The van der Waals surface area contributed by atoms with Gasteiger partial charge in [-0.15, -0.1) is 11.3 Å².